The van der Waals surface area contributed by atoms with Gasteiger partial charge in [-0.3, -0.25) is 4.79 Å². The van der Waals surface area contributed by atoms with E-state index in [1.807, 2.05) is 26.8 Å². The van der Waals surface area contributed by atoms with Crippen LogP contribution in [0.25, 0.3) is 0 Å². The van der Waals surface area contributed by atoms with Gasteiger partial charge < -0.3 is 10.2 Å². The van der Waals surface area contributed by atoms with Gasteiger partial charge in [-0.05, 0) is 74.5 Å². The summed E-state index contributed by atoms with van der Waals surface area (Å²) < 4.78 is 0. The van der Waals surface area contributed by atoms with Gasteiger partial charge in [0.2, 0.25) is 0 Å². The number of carboxylic acids is 1. The SMILES string of the molecule is CC(C)(O)c1ccc2c(c1)CC[C@H]1[C@@]2(C)CCC[C@]1(C)C(=O)O. The lowest BCUT2D eigenvalue weighted by molar-refractivity contribution is -0.157. The first-order chi connectivity index (χ1) is 10.6. The minimum atomic E-state index is -0.838. The van der Waals surface area contributed by atoms with Crippen LogP contribution in [0.4, 0.5) is 0 Å². The molecular weight excluding hydrogens is 288 g/mol. The van der Waals surface area contributed by atoms with E-state index in [0.717, 1.165) is 37.7 Å². The number of aryl methyl sites for hydroxylation is 1. The first-order valence-electron chi connectivity index (χ1n) is 8.69. The minimum absolute atomic E-state index is 0.0723. The number of benzene rings is 1. The van der Waals surface area contributed by atoms with Crippen molar-refractivity contribution in [3.63, 3.8) is 0 Å². The molecule has 0 spiro atoms. The van der Waals surface area contributed by atoms with Gasteiger partial charge in [-0.25, -0.2) is 0 Å². The van der Waals surface area contributed by atoms with Gasteiger partial charge in [0.25, 0.3) is 0 Å². The summed E-state index contributed by atoms with van der Waals surface area (Å²) in [6.45, 7) is 7.81. The summed E-state index contributed by atoms with van der Waals surface area (Å²) in [4.78, 5) is 11.9. The first kappa shape index (κ1) is 16.5. The van der Waals surface area contributed by atoms with Crippen molar-refractivity contribution in [2.45, 2.75) is 70.8 Å². The molecule has 0 unspecified atom stereocenters. The van der Waals surface area contributed by atoms with Gasteiger partial charge in [-0.1, -0.05) is 31.5 Å². The van der Waals surface area contributed by atoms with Crippen LogP contribution >= 0.6 is 0 Å². The Morgan fingerprint density at radius 3 is 2.57 bits per heavy atom. The van der Waals surface area contributed by atoms with Crippen molar-refractivity contribution in [3.8, 4) is 0 Å². The average molecular weight is 316 g/mol. The number of carboxylic acid groups (broad SMARTS) is 1. The predicted octanol–water partition coefficient (Wildman–Crippen LogP) is 4.01. The molecule has 23 heavy (non-hydrogen) atoms. The lowest BCUT2D eigenvalue weighted by Crippen LogP contribution is -2.52. The summed E-state index contributed by atoms with van der Waals surface area (Å²) in [5.74, 6) is -0.466. The smallest absolute Gasteiger partial charge is 0.309 e. The molecule has 0 aromatic heterocycles. The van der Waals surface area contributed by atoms with E-state index in [4.69, 9.17) is 0 Å². The number of aliphatic hydroxyl groups is 1. The lowest BCUT2D eigenvalue weighted by Gasteiger charge is -2.53. The summed E-state index contributed by atoms with van der Waals surface area (Å²) in [5.41, 5.74) is 1.99. The van der Waals surface area contributed by atoms with Crippen LogP contribution < -0.4 is 0 Å². The van der Waals surface area contributed by atoms with Crippen molar-refractivity contribution >= 4 is 5.97 Å². The van der Waals surface area contributed by atoms with E-state index in [9.17, 15) is 15.0 Å². The Bertz CT molecular complexity index is 643. The van der Waals surface area contributed by atoms with E-state index in [1.54, 1.807) is 0 Å². The van der Waals surface area contributed by atoms with Gasteiger partial charge in [0.1, 0.15) is 0 Å². The third-order valence-electron chi connectivity index (χ3n) is 6.55. The van der Waals surface area contributed by atoms with Crippen LogP contribution in [0.15, 0.2) is 18.2 Å². The standard InChI is InChI=1S/C20H28O3/c1-18(2,23)14-7-8-15-13(12-14)6-9-16-19(15,3)10-5-11-20(16,4)17(21)22/h7-8,12,16,23H,5-6,9-11H2,1-4H3,(H,21,22)/t16-,19-,20-/m0/s1. The first-order valence-corrected chi connectivity index (χ1v) is 8.69. The third-order valence-corrected chi connectivity index (χ3v) is 6.55. The van der Waals surface area contributed by atoms with Gasteiger partial charge in [0.15, 0.2) is 0 Å². The number of hydrogen-bond acceptors (Lipinski definition) is 2. The molecule has 3 nitrogen and oxygen atoms in total. The number of aliphatic carboxylic acids is 1. The second-order valence-corrected chi connectivity index (χ2v) is 8.52. The predicted molar refractivity (Wildman–Crippen MR) is 90.4 cm³/mol. The van der Waals surface area contributed by atoms with E-state index in [0.29, 0.717) is 0 Å². The highest BCUT2D eigenvalue weighted by Crippen LogP contribution is 2.57. The van der Waals surface area contributed by atoms with Gasteiger partial charge in [-0.2, -0.15) is 0 Å². The number of carbonyl (C=O) groups is 1. The molecule has 0 heterocycles. The van der Waals surface area contributed by atoms with Crippen molar-refractivity contribution in [2.24, 2.45) is 11.3 Å². The van der Waals surface area contributed by atoms with E-state index in [1.165, 1.54) is 11.1 Å². The molecule has 3 heteroatoms. The molecule has 0 radical (unpaired) electrons. The topological polar surface area (TPSA) is 57.5 Å². The van der Waals surface area contributed by atoms with Crippen molar-refractivity contribution in [3.05, 3.63) is 34.9 Å². The summed E-state index contributed by atoms with van der Waals surface area (Å²) >= 11 is 0. The Labute approximate surface area is 138 Å². The summed E-state index contributed by atoms with van der Waals surface area (Å²) in [6, 6.07) is 6.28. The molecule has 0 amide bonds. The molecule has 0 saturated heterocycles. The van der Waals surface area contributed by atoms with E-state index in [-0.39, 0.29) is 11.3 Å². The van der Waals surface area contributed by atoms with E-state index < -0.39 is 17.0 Å². The molecule has 1 aromatic rings. The maximum atomic E-state index is 11.9. The molecule has 0 aliphatic heterocycles. The van der Waals surface area contributed by atoms with Crippen LogP contribution in [-0.4, -0.2) is 16.2 Å². The van der Waals surface area contributed by atoms with Gasteiger partial charge in [0.05, 0.1) is 11.0 Å². The maximum Gasteiger partial charge on any atom is 0.309 e. The fraction of sp³-hybridized carbons (Fsp3) is 0.650. The van der Waals surface area contributed by atoms with Gasteiger partial charge in [-0.15, -0.1) is 0 Å². The van der Waals surface area contributed by atoms with Crippen molar-refractivity contribution in [2.75, 3.05) is 0 Å². The molecular formula is C20H28O3. The van der Waals surface area contributed by atoms with Crippen LogP contribution in [0.2, 0.25) is 0 Å². The molecule has 0 bridgehead atoms. The van der Waals surface area contributed by atoms with Crippen LogP contribution in [0.1, 0.15) is 70.1 Å². The molecule has 3 atom stereocenters. The molecule has 1 saturated carbocycles. The third kappa shape index (κ3) is 2.40. The number of hydrogen-bond donors (Lipinski definition) is 2. The van der Waals surface area contributed by atoms with Crippen LogP contribution in [0.5, 0.6) is 0 Å². The Kier molecular flexibility index (Phi) is 3.64. The summed E-state index contributed by atoms with van der Waals surface area (Å²) in [5, 5.41) is 20.1. The zero-order valence-electron chi connectivity index (χ0n) is 14.6. The average Bonchev–Trinajstić information content (AvgIpc) is 2.45. The Morgan fingerprint density at radius 2 is 1.96 bits per heavy atom. The molecule has 1 aromatic carbocycles. The minimum Gasteiger partial charge on any atom is -0.481 e. The highest BCUT2D eigenvalue weighted by Gasteiger charge is 2.55. The fourth-order valence-corrected chi connectivity index (χ4v) is 5.13. The fourth-order valence-electron chi connectivity index (χ4n) is 5.13. The largest absolute Gasteiger partial charge is 0.481 e. The van der Waals surface area contributed by atoms with Crippen molar-refractivity contribution in [1.82, 2.24) is 0 Å². The van der Waals surface area contributed by atoms with Crippen LogP contribution in [-0.2, 0) is 22.2 Å². The Morgan fingerprint density at radius 1 is 1.26 bits per heavy atom. The van der Waals surface area contributed by atoms with Crippen LogP contribution in [0.3, 0.4) is 0 Å². The lowest BCUT2D eigenvalue weighted by atomic mass is 9.50. The van der Waals surface area contributed by atoms with Crippen molar-refractivity contribution in [1.29, 1.82) is 0 Å². The van der Waals surface area contributed by atoms with Crippen molar-refractivity contribution < 1.29 is 15.0 Å². The highest BCUT2D eigenvalue weighted by molar-refractivity contribution is 5.75. The number of rotatable bonds is 2. The molecule has 2 N–H and O–H groups in total. The Balaban J connectivity index is 2.08. The normalized spacial score (nSPS) is 33.7. The molecule has 1 fully saturated rings. The number of fused-ring (bicyclic) bond motifs is 3. The van der Waals surface area contributed by atoms with E-state index in [2.05, 4.69) is 19.1 Å². The summed E-state index contributed by atoms with van der Waals surface area (Å²) in [7, 11) is 0. The maximum absolute atomic E-state index is 11.9. The summed E-state index contributed by atoms with van der Waals surface area (Å²) in [6.07, 6.45) is 4.61. The van der Waals surface area contributed by atoms with Crippen LogP contribution in [0, 0.1) is 11.3 Å². The zero-order valence-corrected chi connectivity index (χ0v) is 14.6. The quantitative estimate of drug-likeness (QED) is 0.867. The molecule has 3 rings (SSSR count). The monoisotopic (exact) mass is 316 g/mol. The molecule has 2 aliphatic rings. The second-order valence-electron chi connectivity index (χ2n) is 8.52. The van der Waals surface area contributed by atoms with Gasteiger partial charge >= 0.3 is 5.97 Å². The highest BCUT2D eigenvalue weighted by atomic mass is 16.4. The Hall–Kier alpha value is -1.35. The van der Waals surface area contributed by atoms with E-state index >= 15 is 0 Å². The molecule has 126 valence electrons. The zero-order chi connectivity index (χ0) is 17.0. The van der Waals surface area contributed by atoms with Gasteiger partial charge in [0, 0.05) is 0 Å². The second kappa shape index (κ2) is 5.07. The molecule has 2 aliphatic carbocycles.